The molecule has 1 saturated heterocycles. The van der Waals surface area contributed by atoms with E-state index in [0.29, 0.717) is 22.2 Å². The first-order valence-corrected chi connectivity index (χ1v) is 10.9. The molecule has 158 valence electrons. The number of fused-ring (bicyclic) bond motifs is 1. The Balaban J connectivity index is 1.24. The molecule has 0 amide bonds. The molecule has 0 bridgehead atoms. The van der Waals surface area contributed by atoms with E-state index >= 15 is 0 Å². The molecular formula is C23H24Cl2N2O3. The summed E-state index contributed by atoms with van der Waals surface area (Å²) in [5, 5.41) is 2.15. The quantitative estimate of drug-likeness (QED) is 0.393. The largest absolute Gasteiger partial charge is 0.493 e. The maximum absolute atomic E-state index is 11.6. The summed E-state index contributed by atoms with van der Waals surface area (Å²) >= 11 is 12.5. The van der Waals surface area contributed by atoms with E-state index in [0.717, 1.165) is 61.5 Å². The molecule has 1 fully saturated rings. The third-order valence-corrected chi connectivity index (χ3v) is 6.26. The molecule has 1 aliphatic heterocycles. The highest BCUT2D eigenvalue weighted by molar-refractivity contribution is 6.43. The Morgan fingerprint density at radius 2 is 1.87 bits per heavy atom. The van der Waals surface area contributed by atoms with Crippen molar-refractivity contribution in [2.24, 2.45) is 0 Å². The molecular weight excluding hydrogens is 423 g/mol. The van der Waals surface area contributed by atoms with Crippen molar-refractivity contribution >= 4 is 39.9 Å². The van der Waals surface area contributed by atoms with Crippen LogP contribution in [0.4, 0.5) is 5.69 Å². The van der Waals surface area contributed by atoms with Crippen LogP contribution in [0.1, 0.15) is 12.0 Å². The van der Waals surface area contributed by atoms with Gasteiger partial charge in [0.25, 0.3) is 0 Å². The van der Waals surface area contributed by atoms with Crippen molar-refractivity contribution in [3.63, 3.8) is 0 Å². The highest BCUT2D eigenvalue weighted by atomic mass is 35.5. The number of halogens is 2. The van der Waals surface area contributed by atoms with Gasteiger partial charge in [0, 0.05) is 50.2 Å². The van der Waals surface area contributed by atoms with Gasteiger partial charge in [-0.1, -0.05) is 29.3 Å². The van der Waals surface area contributed by atoms with E-state index in [1.165, 1.54) is 6.07 Å². The van der Waals surface area contributed by atoms with Gasteiger partial charge >= 0.3 is 5.63 Å². The average molecular weight is 447 g/mol. The number of nitrogens with zero attached hydrogens (tertiary/aromatic N) is 2. The molecule has 0 radical (unpaired) electrons. The van der Waals surface area contributed by atoms with Gasteiger partial charge in [-0.3, -0.25) is 4.90 Å². The van der Waals surface area contributed by atoms with Crippen LogP contribution in [0.15, 0.2) is 51.7 Å². The van der Waals surface area contributed by atoms with Crippen molar-refractivity contribution in [2.75, 3.05) is 44.2 Å². The number of benzene rings is 2. The monoisotopic (exact) mass is 446 g/mol. The minimum atomic E-state index is -0.338. The molecule has 30 heavy (non-hydrogen) atoms. The molecule has 4 rings (SSSR count). The van der Waals surface area contributed by atoms with Crippen LogP contribution in [0, 0.1) is 6.92 Å². The maximum Gasteiger partial charge on any atom is 0.336 e. The van der Waals surface area contributed by atoms with Crippen LogP contribution in [0.3, 0.4) is 0 Å². The van der Waals surface area contributed by atoms with Gasteiger partial charge in [0.1, 0.15) is 11.3 Å². The van der Waals surface area contributed by atoms with Crippen LogP contribution >= 0.6 is 23.2 Å². The van der Waals surface area contributed by atoms with E-state index in [1.54, 1.807) is 6.07 Å². The number of hydrogen-bond acceptors (Lipinski definition) is 5. The molecule has 1 aromatic heterocycles. The lowest BCUT2D eigenvalue weighted by Crippen LogP contribution is -2.46. The first-order chi connectivity index (χ1) is 14.5. The second kappa shape index (κ2) is 9.29. The number of hydrogen-bond donors (Lipinski definition) is 0. The fourth-order valence-electron chi connectivity index (χ4n) is 3.82. The zero-order valence-corrected chi connectivity index (χ0v) is 18.4. The average Bonchev–Trinajstić information content (AvgIpc) is 2.73. The summed E-state index contributed by atoms with van der Waals surface area (Å²) in [5.74, 6) is 0.719. The Kier molecular flexibility index (Phi) is 6.52. The molecule has 0 N–H and O–H groups in total. The van der Waals surface area contributed by atoms with Gasteiger partial charge in [-0.2, -0.15) is 0 Å². The molecule has 1 aliphatic rings. The molecule has 5 nitrogen and oxygen atoms in total. The predicted molar refractivity (Wildman–Crippen MR) is 122 cm³/mol. The first kappa shape index (κ1) is 21.0. The van der Waals surface area contributed by atoms with Gasteiger partial charge in [0.15, 0.2) is 0 Å². The summed E-state index contributed by atoms with van der Waals surface area (Å²) in [5.41, 5.74) is 2.14. The molecule has 2 heterocycles. The number of ether oxygens (including phenoxy) is 1. The third kappa shape index (κ3) is 4.75. The number of anilines is 1. The van der Waals surface area contributed by atoms with Gasteiger partial charge in [0.2, 0.25) is 0 Å². The van der Waals surface area contributed by atoms with E-state index in [2.05, 4.69) is 9.80 Å². The van der Waals surface area contributed by atoms with E-state index in [4.69, 9.17) is 32.4 Å². The fraction of sp³-hybridized carbons (Fsp3) is 0.348. The normalized spacial score (nSPS) is 15.0. The van der Waals surface area contributed by atoms with Gasteiger partial charge in [0.05, 0.1) is 22.3 Å². The molecule has 7 heteroatoms. The minimum absolute atomic E-state index is 0.338. The van der Waals surface area contributed by atoms with Crippen LogP contribution in [0.2, 0.25) is 10.0 Å². The summed E-state index contributed by atoms with van der Waals surface area (Å²) in [7, 11) is 0. The van der Waals surface area contributed by atoms with E-state index in [-0.39, 0.29) is 5.63 Å². The zero-order valence-electron chi connectivity index (χ0n) is 16.9. The zero-order chi connectivity index (χ0) is 21.1. The highest BCUT2D eigenvalue weighted by Crippen LogP contribution is 2.32. The van der Waals surface area contributed by atoms with Crippen LogP contribution in [-0.4, -0.2) is 44.2 Å². The number of aryl methyl sites for hydroxylation is 1. The van der Waals surface area contributed by atoms with Gasteiger partial charge in [-0.25, -0.2) is 4.79 Å². The summed E-state index contributed by atoms with van der Waals surface area (Å²) in [6.45, 7) is 7.28. The maximum atomic E-state index is 11.6. The Morgan fingerprint density at radius 3 is 2.67 bits per heavy atom. The second-order valence-electron chi connectivity index (χ2n) is 7.51. The van der Waals surface area contributed by atoms with Crippen molar-refractivity contribution in [1.29, 1.82) is 0 Å². The van der Waals surface area contributed by atoms with Crippen LogP contribution in [-0.2, 0) is 0 Å². The highest BCUT2D eigenvalue weighted by Gasteiger charge is 2.19. The Labute approximate surface area is 185 Å². The molecule has 0 aliphatic carbocycles. The molecule has 0 atom stereocenters. The SMILES string of the molecule is Cc1cc(=O)oc2cc(OCCCN3CCN(c4cccc(Cl)c4Cl)CC3)ccc12. The first-order valence-electron chi connectivity index (χ1n) is 10.1. The van der Waals surface area contributed by atoms with Gasteiger partial charge < -0.3 is 14.1 Å². The van der Waals surface area contributed by atoms with Crippen molar-refractivity contribution in [2.45, 2.75) is 13.3 Å². The van der Waals surface area contributed by atoms with Crippen LogP contribution < -0.4 is 15.3 Å². The fourth-order valence-corrected chi connectivity index (χ4v) is 4.24. The van der Waals surface area contributed by atoms with E-state index < -0.39 is 0 Å². The second-order valence-corrected chi connectivity index (χ2v) is 8.30. The van der Waals surface area contributed by atoms with Crippen molar-refractivity contribution < 1.29 is 9.15 Å². The molecule has 0 spiro atoms. The van der Waals surface area contributed by atoms with Crippen LogP contribution in [0.25, 0.3) is 11.0 Å². The van der Waals surface area contributed by atoms with Gasteiger partial charge in [-0.05, 0) is 43.2 Å². The minimum Gasteiger partial charge on any atom is -0.493 e. The third-order valence-electron chi connectivity index (χ3n) is 5.45. The van der Waals surface area contributed by atoms with E-state index in [9.17, 15) is 4.79 Å². The molecule has 3 aromatic rings. The van der Waals surface area contributed by atoms with Gasteiger partial charge in [-0.15, -0.1) is 0 Å². The summed E-state index contributed by atoms with van der Waals surface area (Å²) in [6, 6.07) is 12.9. The number of piperazine rings is 1. The Bertz CT molecular complexity index is 1090. The Hall–Kier alpha value is -2.21. The standard InChI is InChI=1S/C23H24Cl2N2O3/c1-16-14-22(28)30-21-15-17(6-7-18(16)21)29-13-3-8-26-9-11-27(12-10-26)20-5-2-4-19(24)23(20)25/h2,4-7,14-15H,3,8-13H2,1H3. The van der Waals surface area contributed by atoms with E-state index in [1.807, 2.05) is 37.3 Å². The molecule has 0 saturated carbocycles. The van der Waals surface area contributed by atoms with Crippen molar-refractivity contribution in [1.82, 2.24) is 4.90 Å². The molecule has 2 aromatic carbocycles. The van der Waals surface area contributed by atoms with Crippen molar-refractivity contribution in [3.8, 4) is 5.75 Å². The molecule has 0 unspecified atom stereocenters. The summed E-state index contributed by atoms with van der Waals surface area (Å²) in [6.07, 6.45) is 0.924. The smallest absolute Gasteiger partial charge is 0.336 e. The predicted octanol–water partition coefficient (Wildman–Crippen LogP) is 5.00. The topological polar surface area (TPSA) is 45.9 Å². The summed E-state index contributed by atoms with van der Waals surface area (Å²) in [4.78, 5) is 16.3. The lowest BCUT2D eigenvalue weighted by Gasteiger charge is -2.36. The lowest BCUT2D eigenvalue weighted by atomic mass is 10.1. The van der Waals surface area contributed by atoms with Crippen molar-refractivity contribution in [3.05, 3.63) is 68.5 Å². The Morgan fingerprint density at radius 1 is 1.07 bits per heavy atom. The summed E-state index contributed by atoms with van der Waals surface area (Å²) < 4.78 is 11.2. The lowest BCUT2D eigenvalue weighted by molar-refractivity contribution is 0.225. The number of rotatable bonds is 6. The van der Waals surface area contributed by atoms with Crippen LogP contribution in [0.5, 0.6) is 5.75 Å².